The smallest absolute Gasteiger partial charge is 0.219 e. The molecule has 0 saturated carbocycles. The van der Waals surface area contributed by atoms with Gasteiger partial charge in [0.1, 0.15) is 0 Å². The van der Waals surface area contributed by atoms with Gasteiger partial charge in [0.2, 0.25) is 5.91 Å². The van der Waals surface area contributed by atoms with Crippen LogP contribution < -0.4 is 5.32 Å². The van der Waals surface area contributed by atoms with Gasteiger partial charge in [-0.05, 0) is 11.6 Å². The molecule has 0 aromatic carbocycles. The van der Waals surface area contributed by atoms with E-state index in [0.717, 1.165) is 34.5 Å². The Hall–Kier alpha value is -3.60. The zero-order chi connectivity index (χ0) is 21.0. The average molecular weight is 391 g/mol. The maximum atomic E-state index is 11.8. The summed E-state index contributed by atoms with van der Waals surface area (Å²) in [5.41, 5.74) is 4.61. The number of aryl methyl sites for hydroxylation is 2. The minimum Gasteiger partial charge on any atom is -0.341 e. The van der Waals surface area contributed by atoms with Gasteiger partial charge < -0.3 is 10.2 Å². The van der Waals surface area contributed by atoms with Crippen LogP contribution in [0.2, 0.25) is 0 Å². The zero-order valence-electron chi connectivity index (χ0n) is 17.0. The topological polar surface area (TPSA) is 91.8 Å². The Bertz CT molecular complexity index is 1030. The van der Waals surface area contributed by atoms with Crippen LogP contribution in [0.1, 0.15) is 30.2 Å². The fourth-order valence-corrected chi connectivity index (χ4v) is 3.31. The molecule has 8 heteroatoms. The Kier molecular flexibility index (Phi) is 5.98. The summed E-state index contributed by atoms with van der Waals surface area (Å²) in [6.07, 6.45) is 10.2. The Labute approximate surface area is 170 Å². The number of rotatable bonds is 6. The molecule has 0 aliphatic carbocycles. The summed E-state index contributed by atoms with van der Waals surface area (Å²) in [6.45, 7) is 6.84. The fourth-order valence-electron chi connectivity index (χ4n) is 3.31. The summed E-state index contributed by atoms with van der Waals surface area (Å²) in [4.78, 5) is 13.6. The molecule has 8 nitrogen and oxygen atoms in total. The molecule has 1 N–H and O–H groups in total. The summed E-state index contributed by atoms with van der Waals surface area (Å²) in [7, 11) is 3.76. The lowest BCUT2D eigenvalue weighted by molar-refractivity contribution is -0.129. The van der Waals surface area contributed by atoms with E-state index in [1.165, 1.54) is 0 Å². The number of carbonyl (C=O) groups excluding carboxylic acids is 1. The second-order valence-electron chi connectivity index (χ2n) is 7.03. The van der Waals surface area contributed by atoms with E-state index in [0.29, 0.717) is 18.9 Å². The number of fused-ring (bicyclic) bond motifs is 1. The van der Waals surface area contributed by atoms with Crippen molar-refractivity contribution in [2.24, 2.45) is 14.1 Å². The van der Waals surface area contributed by atoms with Crippen molar-refractivity contribution in [1.82, 2.24) is 24.5 Å². The zero-order valence-corrected chi connectivity index (χ0v) is 17.0. The first kappa shape index (κ1) is 20.1. The number of aromatic nitrogens is 4. The van der Waals surface area contributed by atoms with Crippen LogP contribution >= 0.6 is 0 Å². The number of nitrogens with one attached hydrogen (secondary N) is 1. The number of nitriles is 1. The number of allylic oxidation sites excluding steroid dienone is 5. The first-order valence-corrected chi connectivity index (χ1v) is 9.38. The van der Waals surface area contributed by atoms with Gasteiger partial charge in [0.25, 0.3) is 0 Å². The SMILES string of the molecule is C=C(/C=C\C=C(/CC#N)Nc1nn(C)c2c1CN(C(C)=O)CC2)c1cnn(C)c1. The van der Waals surface area contributed by atoms with Crippen LogP contribution in [-0.4, -0.2) is 36.9 Å². The number of carbonyl (C=O) groups is 1. The number of hydrogen-bond donors (Lipinski definition) is 1. The molecule has 3 rings (SSSR count). The van der Waals surface area contributed by atoms with E-state index >= 15 is 0 Å². The van der Waals surface area contributed by atoms with E-state index in [-0.39, 0.29) is 12.3 Å². The number of anilines is 1. The molecule has 0 saturated heterocycles. The van der Waals surface area contributed by atoms with Gasteiger partial charge in [0.15, 0.2) is 5.82 Å². The van der Waals surface area contributed by atoms with Crippen molar-refractivity contribution in [2.75, 3.05) is 11.9 Å². The molecule has 2 aromatic rings. The first-order chi connectivity index (χ1) is 13.9. The number of amides is 1. The third kappa shape index (κ3) is 4.63. The minimum absolute atomic E-state index is 0.0510. The molecule has 0 bridgehead atoms. The van der Waals surface area contributed by atoms with E-state index < -0.39 is 0 Å². The van der Waals surface area contributed by atoms with Crippen LogP contribution in [-0.2, 0) is 31.9 Å². The third-order valence-corrected chi connectivity index (χ3v) is 4.91. The molecular formula is C21H25N7O. The fraction of sp³-hybridized carbons (Fsp3) is 0.333. The lowest BCUT2D eigenvalue weighted by Gasteiger charge is -2.26. The molecule has 1 aliphatic rings. The van der Waals surface area contributed by atoms with Gasteiger partial charge in [-0.15, -0.1) is 0 Å². The molecule has 1 aliphatic heterocycles. The van der Waals surface area contributed by atoms with Crippen molar-refractivity contribution in [3.05, 3.63) is 59.7 Å². The Morgan fingerprint density at radius 3 is 2.90 bits per heavy atom. The van der Waals surface area contributed by atoms with E-state index in [1.54, 1.807) is 22.7 Å². The summed E-state index contributed by atoms with van der Waals surface area (Å²) in [6, 6.07) is 2.18. The van der Waals surface area contributed by atoms with Gasteiger partial charge in [0.05, 0.1) is 25.2 Å². The number of hydrogen-bond acceptors (Lipinski definition) is 5. The van der Waals surface area contributed by atoms with Crippen molar-refractivity contribution in [1.29, 1.82) is 5.26 Å². The molecule has 0 fully saturated rings. The average Bonchev–Trinajstić information content (AvgIpc) is 3.25. The summed E-state index contributed by atoms with van der Waals surface area (Å²) in [5, 5.41) is 21.2. The highest BCUT2D eigenvalue weighted by Gasteiger charge is 2.25. The molecule has 0 unspecified atom stereocenters. The maximum absolute atomic E-state index is 11.8. The molecule has 1 amide bonds. The van der Waals surface area contributed by atoms with Crippen molar-refractivity contribution in [3.8, 4) is 6.07 Å². The number of nitrogens with zero attached hydrogens (tertiary/aromatic N) is 6. The molecule has 0 radical (unpaired) electrons. The van der Waals surface area contributed by atoms with Crippen LogP contribution in [0.5, 0.6) is 0 Å². The van der Waals surface area contributed by atoms with Gasteiger partial charge in [-0.2, -0.15) is 15.5 Å². The van der Waals surface area contributed by atoms with Gasteiger partial charge in [-0.1, -0.05) is 18.7 Å². The van der Waals surface area contributed by atoms with Crippen LogP contribution in [0.3, 0.4) is 0 Å². The van der Waals surface area contributed by atoms with Crippen LogP contribution in [0.4, 0.5) is 5.82 Å². The van der Waals surface area contributed by atoms with Crippen LogP contribution in [0.15, 0.2) is 42.9 Å². The predicted octanol–water partition coefficient (Wildman–Crippen LogP) is 2.54. The Balaban J connectivity index is 1.78. The molecule has 0 spiro atoms. The van der Waals surface area contributed by atoms with Crippen molar-refractivity contribution in [3.63, 3.8) is 0 Å². The third-order valence-electron chi connectivity index (χ3n) is 4.91. The first-order valence-electron chi connectivity index (χ1n) is 9.38. The Morgan fingerprint density at radius 1 is 1.45 bits per heavy atom. The standard InChI is InChI=1S/C21H25N7O/c1-15(17-12-23-26(3)13-17)6-5-7-18(8-10-22)24-21-19-14-28(16(2)29)11-9-20(19)27(4)25-21/h5-7,12-13H,1,8-9,11,14H2,2-4H3,(H,24,25)/b6-5-,18-7+. The van der Waals surface area contributed by atoms with E-state index in [4.69, 9.17) is 0 Å². The highest BCUT2D eigenvalue weighted by Crippen LogP contribution is 2.27. The van der Waals surface area contributed by atoms with Crippen molar-refractivity contribution < 1.29 is 4.79 Å². The van der Waals surface area contributed by atoms with Gasteiger partial charge in [0, 0.05) is 62.7 Å². The second kappa shape index (κ2) is 8.61. The highest BCUT2D eigenvalue weighted by molar-refractivity contribution is 5.74. The Morgan fingerprint density at radius 2 is 2.24 bits per heavy atom. The van der Waals surface area contributed by atoms with E-state index in [2.05, 4.69) is 28.2 Å². The molecule has 3 heterocycles. The van der Waals surface area contributed by atoms with Gasteiger partial charge in [-0.25, -0.2) is 0 Å². The van der Waals surface area contributed by atoms with Crippen LogP contribution in [0.25, 0.3) is 5.57 Å². The predicted molar refractivity (Wildman–Crippen MR) is 111 cm³/mol. The van der Waals surface area contributed by atoms with Crippen molar-refractivity contribution >= 4 is 17.3 Å². The molecule has 0 atom stereocenters. The molecule has 150 valence electrons. The van der Waals surface area contributed by atoms with Gasteiger partial charge in [-0.3, -0.25) is 14.2 Å². The van der Waals surface area contributed by atoms with E-state index in [1.807, 2.05) is 43.2 Å². The summed E-state index contributed by atoms with van der Waals surface area (Å²) < 4.78 is 3.57. The molecular weight excluding hydrogens is 366 g/mol. The van der Waals surface area contributed by atoms with Crippen molar-refractivity contribution in [2.45, 2.75) is 26.3 Å². The quantitative estimate of drug-likeness (QED) is 0.764. The largest absolute Gasteiger partial charge is 0.341 e. The summed E-state index contributed by atoms with van der Waals surface area (Å²) >= 11 is 0. The molecule has 2 aromatic heterocycles. The minimum atomic E-state index is 0.0510. The second-order valence-corrected chi connectivity index (χ2v) is 7.03. The lowest BCUT2D eigenvalue weighted by Crippen LogP contribution is -2.34. The molecule has 29 heavy (non-hydrogen) atoms. The summed E-state index contributed by atoms with van der Waals surface area (Å²) in [5.74, 6) is 0.740. The maximum Gasteiger partial charge on any atom is 0.219 e. The van der Waals surface area contributed by atoms with E-state index in [9.17, 15) is 10.1 Å². The lowest BCUT2D eigenvalue weighted by atomic mass is 10.1. The monoisotopic (exact) mass is 391 g/mol. The highest BCUT2D eigenvalue weighted by atomic mass is 16.2. The van der Waals surface area contributed by atoms with Gasteiger partial charge >= 0.3 is 0 Å². The normalized spacial score (nSPS) is 14.0. The van der Waals surface area contributed by atoms with Crippen LogP contribution in [0, 0.1) is 11.3 Å².